The number of thiocarbonyl (C=S) groups is 1. The van der Waals surface area contributed by atoms with Crippen LogP contribution < -0.4 is 15.1 Å². The molecule has 1 saturated carbocycles. The van der Waals surface area contributed by atoms with Crippen LogP contribution in [0.2, 0.25) is 0 Å². The fourth-order valence-electron chi connectivity index (χ4n) is 4.89. The molecular formula is C27H20F4N6O2S. The predicted octanol–water partition coefficient (Wildman–Crippen LogP) is 4.54. The van der Waals surface area contributed by atoms with Gasteiger partial charge in [0.25, 0.3) is 11.8 Å². The van der Waals surface area contributed by atoms with E-state index in [1.807, 2.05) is 6.07 Å². The van der Waals surface area contributed by atoms with E-state index in [1.165, 1.54) is 29.2 Å². The molecular weight excluding hydrogens is 548 g/mol. The molecule has 2 aromatic heterocycles. The molecule has 1 saturated heterocycles. The largest absolute Gasteiger partial charge is 0.419 e. The Labute approximate surface area is 231 Å². The summed E-state index contributed by atoms with van der Waals surface area (Å²) in [6, 6.07) is 9.74. The van der Waals surface area contributed by atoms with Gasteiger partial charge in [-0.3, -0.25) is 19.5 Å². The van der Waals surface area contributed by atoms with Crippen LogP contribution in [0, 0.1) is 17.1 Å². The van der Waals surface area contributed by atoms with Gasteiger partial charge >= 0.3 is 6.18 Å². The number of rotatable bonds is 6. The molecule has 3 heterocycles. The van der Waals surface area contributed by atoms with E-state index < -0.39 is 40.6 Å². The molecule has 13 heteroatoms. The van der Waals surface area contributed by atoms with E-state index in [0.29, 0.717) is 18.9 Å². The zero-order valence-corrected chi connectivity index (χ0v) is 21.5. The number of amides is 2. The molecule has 8 nitrogen and oxygen atoms in total. The number of aromatic nitrogens is 2. The molecule has 2 amide bonds. The van der Waals surface area contributed by atoms with Crippen molar-refractivity contribution in [1.82, 2.24) is 15.3 Å². The summed E-state index contributed by atoms with van der Waals surface area (Å²) in [5.74, 6) is -2.22. The Morgan fingerprint density at radius 3 is 2.60 bits per heavy atom. The molecule has 1 aliphatic carbocycles. The van der Waals surface area contributed by atoms with Crippen molar-refractivity contribution < 1.29 is 27.2 Å². The number of nitrogens with zero attached hydrogens (tertiary/aromatic N) is 5. The minimum atomic E-state index is -4.91. The number of hydrogen-bond acceptors (Lipinski definition) is 6. The Hall–Kier alpha value is -4.44. The highest BCUT2D eigenvalue weighted by atomic mass is 32.1. The van der Waals surface area contributed by atoms with Crippen molar-refractivity contribution in [2.75, 3.05) is 16.3 Å². The van der Waals surface area contributed by atoms with Gasteiger partial charge in [-0.25, -0.2) is 9.37 Å². The number of nitrogens with one attached hydrogen (secondary N) is 1. The van der Waals surface area contributed by atoms with Crippen molar-refractivity contribution in [1.29, 1.82) is 5.26 Å². The Morgan fingerprint density at radius 2 is 1.98 bits per heavy atom. The van der Waals surface area contributed by atoms with Crippen molar-refractivity contribution in [3.8, 4) is 6.07 Å². The average Bonchev–Trinajstić information content (AvgIpc) is 3.15. The van der Waals surface area contributed by atoms with Gasteiger partial charge in [0.2, 0.25) is 0 Å². The van der Waals surface area contributed by atoms with Crippen molar-refractivity contribution in [3.05, 3.63) is 83.2 Å². The van der Waals surface area contributed by atoms with E-state index >= 15 is 4.39 Å². The van der Waals surface area contributed by atoms with Gasteiger partial charge in [-0.15, -0.1) is 0 Å². The van der Waals surface area contributed by atoms with E-state index in [1.54, 1.807) is 18.5 Å². The Morgan fingerprint density at radius 1 is 1.20 bits per heavy atom. The van der Waals surface area contributed by atoms with Gasteiger partial charge in [-0.05, 0) is 67.7 Å². The van der Waals surface area contributed by atoms with E-state index in [9.17, 15) is 22.8 Å². The van der Waals surface area contributed by atoms with Crippen LogP contribution >= 0.6 is 12.2 Å². The molecule has 1 aromatic carbocycles. The molecule has 2 fully saturated rings. The first-order valence-electron chi connectivity index (χ1n) is 12.2. The molecule has 2 aliphatic rings. The van der Waals surface area contributed by atoms with Crippen LogP contribution in [0.4, 0.5) is 28.9 Å². The maximum atomic E-state index is 15.9. The van der Waals surface area contributed by atoms with Gasteiger partial charge in [0.15, 0.2) is 16.6 Å². The molecule has 0 radical (unpaired) electrons. The van der Waals surface area contributed by atoms with Crippen molar-refractivity contribution in [3.63, 3.8) is 0 Å². The second-order valence-electron chi connectivity index (χ2n) is 9.35. The first-order chi connectivity index (χ1) is 19.1. The molecule has 1 aliphatic heterocycles. The molecule has 5 rings (SSSR count). The van der Waals surface area contributed by atoms with Crippen LogP contribution in [0.1, 0.15) is 46.4 Å². The molecule has 1 N–H and O–H groups in total. The molecule has 0 unspecified atom stereocenters. The Bertz CT molecular complexity index is 1550. The van der Waals surface area contributed by atoms with E-state index in [0.717, 1.165) is 16.7 Å². The van der Waals surface area contributed by atoms with Crippen LogP contribution in [0.25, 0.3) is 0 Å². The quantitative estimate of drug-likeness (QED) is 0.344. The fourth-order valence-corrected chi connectivity index (χ4v) is 5.36. The lowest BCUT2D eigenvalue weighted by Crippen LogP contribution is -2.55. The lowest BCUT2D eigenvalue weighted by Gasteiger charge is -2.43. The highest BCUT2D eigenvalue weighted by Crippen LogP contribution is 2.49. The summed E-state index contributed by atoms with van der Waals surface area (Å²) in [6.45, 7) is 0.222. The van der Waals surface area contributed by atoms with E-state index in [4.69, 9.17) is 17.5 Å². The monoisotopic (exact) mass is 568 g/mol. The first-order valence-corrected chi connectivity index (χ1v) is 12.6. The SMILES string of the molecule is N#Cc1ncc(N2C(=O)C3(CCC3)N(c3cccc(C(=O)NCCc4cccnc4)c3F)C2=S)cc1C(F)(F)F. The lowest BCUT2D eigenvalue weighted by molar-refractivity contribution is -0.138. The summed E-state index contributed by atoms with van der Waals surface area (Å²) >= 11 is 5.53. The molecule has 1 spiro atoms. The number of carbonyl (C=O) groups is 2. The number of halogens is 4. The summed E-state index contributed by atoms with van der Waals surface area (Å²) in [7, 11) is 0. The van der Waals surface area contributed by atoms with Crippen LogP contribution in [0.5, 0.6) is 0 Å². The van der Waals surface area contributed by atoms with Gasteiger partial charge in [0, 0.05) is 18.9 Å². The number of carbonyl (C=O) groups excluding carboxylic acids is 2. The molecule has 3 aromatic rings. The van der Waals surface area contributed by atoms with Crippen molar-refractivity contribution in [2.45, 2.75) is 37.4 Å². The average molecular weight is 569 g/mol. The van der Waals surface area contributed by atoms with Gasteiger partial charge in [0.05, 0.1) is 28.7 Å². The maximum absolute atomic E-state index is 15.9. The summed E-state index contributed by atoms with van der Waals surface area (Å²) < 4.78 is 56.7. The van der Waals surface area contributed by atoms with Gasteiger partial charge in [-0.1, -0.05) is 12.1 Å². The van der Waals surface area contributed by atoms with Gasteiger partial charge < -0.3 is 10.2 Å². The third-order valence-electron chi connectivity index (χ3n) is 7.02. The second-order valence-corrected chi connectivity index (χ2v) is 9.71. The highest BCUT2D eigenvalue weighted by Gasteiger charge is 2.60. The Balaban J connectivity index is 1.46. The molecule has 0 bridgehead atoms. The third-order valence-corrected chi connectivity index (χ3v) is 7.39. The molecule has 40 heavy (non-hydrogen) atoms. The summed E-state index contributed by atoms with van der Waals surface area (Å²) in [5, 5.41) is 11.5. The summed E-state index contributed by atoms with van der Waals surface area (Å²) in [4.78, 5) is 36.3. The predicted molar refractivity (Wildman–Crippen MR) is 140 cm³/mol. The van der Waals surface area contributed by atoms with Crippen LogP contribution in [0.15, 0.2) is 55.0 Å². The van der Waals surface area contributed by atoms with Gasteiger partial charge in [-0.2, -0.15) is 18.4 Å². The molecule has 0 atom stereocenters. The number of pyridine rings is 2. The number of hydrogen-bond donors (Lipinski definition) is 1. The van der Waals surface area contributed by atoms with E-state index in [-0.39, 0.29) is 41.4 Å². The Kier molecular flexibility index (Phi) is 6.97. The van der Waals surface area contributed by atoms with Crippen LogP contribution in [-0.4, -0.2) is 39.0 Å². The van der Waals surface area contributed by atoms with Gasteiger partial charge in [0.1, 0.15) is 11.6 Å². The zero-order valence-electron chi connectivity index (χ0n) is 20.7. The van der Waals surface area contributed by atoms with Crippen molar-refractivity contribution in [2.24, 2.45) is 0 Å². The summed E-state index contributed by atoms with van der Waals surface area (Å²) in [6.07, 6.45) is 0.964. The first kappa shape index (κ1) is 27.1. The standard InChI is InChI=1S/C27H20F4N6O2S/c28-22-18(23(38)34-11-7-16-4-2-10-33-14-16)5-1-6-21(22)37-25(40)36(24(39)26(37)8-3-9-26)17-12-19(27(29,30)31)20(13-32)35-15-17/h1-2,4-6,10,12,14-15H,3,7-9,11H2,(H,34,38). The highest BCUT2D eigenvalue weighted by molar-refractivity contribution is 7.81. The summed E-state index contributed by atoms with van der Waals surface area (Å²) in [5.41, 5.74) is -3.31. The number of alkyl halides is 3. The van der Waals surface area contributed by atoms with E-state index in [2.05, 4.69) is 15.3 Å². The third kappa shape index (κ3) is 4.54. The number of anilines is 2. The number of benzene rings is 1. The fraction of sp³-hybridized carbons (Fsp3) is 0.259. The van der Waals surface area contributed by atoms with Crippen LogP contribution in [-0.2, 0) is 17.4 Å². The van der Waals surface area contributed by atoms with Crippen LogP contribution in [0.3, 0.4) is 0 Å². The van der Waals surface area contributed by atoms with Crippen molar-refractivity contribution >= 4 is 40.5 Å². The minimum absolute atomic E-state index is 0.141. The smallest absolute Gasteiger partial charge is 0.352 e. The second kappa shape index (κ2) is 10.3. The zero-order chi connectivity index (χ0) is 28.7. The maximum Gasteiger partial charge on any atom is 0.419 e. The number of nitriles is 1. The lowest BCUT2D eigenvalue weighted by atomic mass is 9.75. The topological polar surface area (TPSA) is 102 Å². The molecule has 204 valence electrons. The normalized spacial score (nSPS) is 16.2. The minimum Gasteiger partial charge on any atom is -0.352 e.